The lowest BCUT2D eigenvalue weighted by Gasteiger charge is -2.24. The van der Waals surface area contributed by atoms with Gasteiger partial charge in [-0.3, -0.25) is 14.2 Å². The molecule has 0 aliphatic carbocycles. The zero-order chi connectivity index (χ0) is 17.4. The minimum Gasteiger partial charge on any atom is -0.352 e. The maximum Gasteiger partial charge on any atom is 0.255 e. The quantitative estimate of drug-likeness (QED) is 0.909. The van der Waals surface area contributed by atoms with Crippen LogP contribution in [0.25, 0.3) is 0 Å². The summed E-state index contributed by atoms with van der Waals surface area (Å²) >= 11 is 0. The number of hydrogen-bond donors (Lipinski definition) is 2. The molecule has 6 heteroatoms. The third kappa shape index (κ3) is 2.58. The molecule has 2 heterocycles. The molecule has 0 bridgehead atoms. The van der Waals surface area contributed by atoms with Crippen molar-refractivity contribution in [3.05, 3.63) is 56.6 Å². The molecule has 0 unspecified atom stereocenters. The summed E-state index contributed by atoms with van der Waals surface area (Å²) in [4.78, 5) is 24.8. The number of carbonyl (C=O) groups excluding carboxylic acids is 1. The van der Waals surface area contributed by atoms with Gasteiger partial charge in [-0.1, -0.05) is 13.0 Å². The number of pyridine rings is 1. The molecule has 0 radical (unpaired) electrons. The fraction of sp³-hybridized carbons (Fsp3) is 0.333. The number of benzene rings is 1. The second kappa shape index (κ2) is 6.11. The first-order valence-corrected chi connectivity index (χ1v) is 8.00. The molecule has 24 heavy (non-hydrogen) atoms. The van der Waals surface area contributed by atoms with E-state index in [0.29, 0.717) is 29.9 Å². The molecule has 1 amide bonds. The second-order valence-corrected chi connectivity index (χ2v) is 5.99. The summed E-state index contributed by atoms with van der Waals surface area (Å²) in [6.45, 7) is 4.17. The predicted octanol–water partition coefficient (Wildman–Crippen LogP) is 2.42. The van der Waals surface area contributed by atoms with Gasteiger partial charge in [0, 0.05) is 19.2 Å². The number of anilines is 2. The topological polar surface area (TPSA) is 63.1 Å². The Labute approximate surface area is 139 Å². The lowest BCUT2D eigenvalue weighted by molar-refractivity contribution is 0.0946. The summed E-state index contributed by atoms with van der Waals surface area (Å²) in [7, 11) is 1.58. The lowest BCUT2D eigenvalue weighted by atomic mass is 9.96. The van der Waals surface area contributed by atoms with Crippen molar-refractivity contribution >= 4 is 17.4 Å². The van der Waals surface area contributed by atoms with Gasteiger partial charge >= 0.3 is 0 Å². The Balaban J connectivity index is 2.16. The number of nitrogens with one attached hydrogen (secondary N) is 2. The molecule has 1 aliphatic rings. The second-order valence-electron chi connectivity index (χ2n) is 5.99. The summed E-state index contributed by atoms with van der Waals surface area (Å²) in [6.07, 6.45) is 1.33. The minimum atomic E-state index is -0.410. The maximum atomic E-state index is 14.3. The molecule has 2 N–H and O–H groups in total. The number of hydrogen-bond acceptors (Lipinski definition) is 3. The highest BCUT2D eigenvalue weighted by Gasteiger charge is 2.26. The van der Waals surface area contributed by atoms with Crippen LogP contribution in [-0.4, -0.2) is 17.0 Å². The van der Waals surface area contributed by atoms with E-state index in [1.54, 1.807) is 20.0 Å². The Kier molecular flexibility index (Phi) is 4.13. The van der Waals surface area contributed by atoms with Crippen molar-refractivity contribution in [2.24, 2.45) is 7.05 Å². The van der Waals surface area contributed by atoms with E-state index in [1.807, 2.05) is 13.0 Å². The van der Waals surface area contributed by atoms with Gasteiger partial charge in [0.05, 0.1) is 11.3 Å². The fourth-order valence-electron chi connectivity index (χ4n) is 3.08. The molecular formula is C18H20FN3O2. The van der Waals surface area contributed by atoms with Crippen LogP contribution in [0.3, 0.4) is 0 Å². The molecule has 1 aromatic heterocycles. The molecule has 2 aromatic rings. The van der Waals surface area contributed by atoms with Crippen molar-refractivity contribution in [3.8, 4) is 0 Å². The van der Waals surface area contributed by atoms with E-state index in [9.17, 15) is 14.0 Å². The van der Waals surface area contributed by atoms with Crippen LogP contribution in [-0.2, 0) is 19.9 Å². The number of aryl methyl sites for hydroxylation is 1. The van der Waals surface area contributed by atoms with Crippen LogP contribution in [0.1, 0.15) is 34.0 Å². The summed E-state index contributed by atoms with van der Waals surface area (Å²) in [5.41, 5.74) is 2.66. The molecule has 0 fully saturated rings. The first-order valence-electron chi connectivity index (χ1n) is 8.00. The van der Waals surface area contributed by atoms with Crippen molar-refractivity contribution in [2.45, 2.75) is 26.7 Å². The monoisotopic (exact) mass is 329 g/mol. The maximum absolute atomic E-state index is 14.3. The SMILES string of the molecule is CCc1ccc(Nc2c3c(c(C)c(=O)n2C)CCNC3=O)c(F)c1. The van der Waals surface area contributed by atoms with E-state index in [-0.39, 0.29) is 17.2 Å². The molecule has 1 aliphatic heterocycles. The van der Waals surface area contributed by atoms with Crippen LogP contribution in [0.4, 0.5) is 15.9 Å². The van der Waals surface area contributed by atoms with Gasteiger partial charge in [0.15, 0.2) is 0 Å². The van der Waals surface area contributed by atoms with Gasteiger partial charge in [-0.25, -0.2) is 4.39 Å². The number of nitrogens with zero attached hydrogens (tertiary/aromatic N) is 1. The number of amides is 1. The highest BCUT2D eigenvalue weighted by molar-refractivity contribution is 6.02. The summed E-state index contributed by atoms with van der Waals surface area (Å²) in [5, 5.41) is 5.73. The van der Waals surface area contributed by atoms with Crippen LogP contribution in [0.15, 0.2) is 23.0 Å². The van der Waals surface area contributed by atoms with E-state index in [0.717, 1.165) is 17.5 Å². The van der Waals surface area contributed by atoms with Gasteiger partial charge in [0.2, 0.25) is 0 Å². The van der Waals surface area contributed by atoms with Crippen molar-refractivity contribution in [2.75, 3.05) is 11.9 Å². The summed E-state index contributed by atoms with van der Waals surface area (Å²) in [6, 6.07) is 4.91. The van der Waals surface area contributed by atoms with Crippen LogP contribution < -0.4 is 16.2 Å². The Bertz CT molecular complexity index is 887. The fourth-order valence-corrected chi connectivity index (χ4v) is 3.08. The van der Waals surface area contributed by atoms with Crippen LogP contribution in [0.2, 0.25) is 0 Å². The smallest absolute Gasteiger partial charge is 0.255 e. The minimum absolute atomic E-state index is 0.184. The first kappa shape index (κ1) is 16.2. The third-order valence-electron chi connectivity index (χ3n) is 4.53. The third-order valence-corrected chi connectivity index (χ3v) is 4.53. The highest BCUT2D eigenvalue weighted by Crippen LogP contribution is 2.28. The van der Waals surface area contributed by atoms with Crippen molar-refractivity contribution in [3.63, 3.8) is 0 Å². The Morgan fingerprint density at radius 2 is 2.08 bits per heavy atom. The van der Waals surface area contributed by atoms with Gasteiger partial charge in [-0.15, -0.1) is 0 Å². The molecule has 0 saturated heterocycles. The van der Waals surface area contributed by atoms with Gasteiger partial charge in [0.25, 0.3) is 11.5 Å². The van der Waals surface area contributed by atoms with Gasteiger partial charge < -0.3 is 10.6 Å². The molecule has 0 spiro atoms. The van der Waals surface area contributed by atoms with E-state index >= 15 is 0 Å². The average molecular weight is 329 g/mol. The highest BCUT2D eigenvalue weighted by atomic mass is 19.1. The molecule has 0 atom stereocenters. The number of carbonyl (C=O) groups is 1. The molecule has 3 rings (SSSR count). The van der Waals surface area contributed by atoms with Gasteiger partial charge in [-0.05, 0) is 43.0 Å². The zero-order valence-corrected chi connectivity index (χ0v) is 14.0. The molecule has 0 saturated carbocycles. The van der Waals surface area contributed by atoms with Gasteiger partial charge in [-0.2, -0.15) is 0 Å². The van der Waals surface area contributed by atoms with E-state index in [1.165, 1.54) is 10.6 Å². The summed E-state index contributed by atoms with van der Waals surface area (Å²) < 4.78 is 15.7. The van der Waals surface area contributed by atoms with Crippen molar-refractivity contribution < 1.29 is 9.18 Å². The molecule has 126 valence electrons. The molecular weight excluding hydrogens is 309 g/mol. The number of rotatable bonds is 3. The standard InChI is InChI=1S/C18H20FN3O2/c1-4-11-5-6-14(13(19)9-11)21-16-15-12(7-8-20-17(15)23)10(2)18(24)22(16)3/h5-6,9,21H,4,7-8H2,1-3H3,(H,20,23). The largest absolute Gasteiger partial charge is 0.352 e. The first-order chi connectivity index (χ1) is 11.4. The van der Waals surface area contributed by atoms with E-state index < -0.39 is 5.82 Å². The van der Waals surface area contributed by atoms with E-state index in [2.05, 4.69) is 10.6 Å². The molecule has 1 aromatic carbocycles. The molecule has 5 nitrogen and oxygen atoms in total. The Morgan fingerprint density at radius 3 is 2.75 bits per heavy atom. The Hall–Kier alpha value is -2.63. The number of fused-ring (bicyclic) bond motifs is 1. The zero-order valence-electron chi connectivity index (χ0n) is 14.0. The predicted molar refractivity (Wildman–Crippen MR) is 91.5 cm³/mol. The van der Waals surface area contributed by atoms with Crippen molar-refractivity contribution in [1.29, 1.82) is 0 Å². The van der Waals surface area contributed by atoms with Crippen LogP contribution in [0.5, 0.6) is 0 Å². The van der Waals surface area contributed by atoms with E-state index in [4.69, 9.17) is 0 Å². The summed E-state index contributed by atoms with van der Waals surface area (Å²) in [5.74, 6) is -0.337. The number of aromatic nitrogens is 1. The van der Waals surface area contributed by atoms with Crippen LogP contribution in [0, 0.1) is 12.7 Å². The van der Waals surface area contributed by atoms with Gasteiger partial charge in [0.1, 0.15) is 11.6 Å². The Morgan fingerprint density at radius 1 is 1.33 bits per heavy atom. The average Bonchev–Trinajstić information content (AvgIpc) is 2.58. The lowest BCUT2D eigenvalue weighted by Crippen LogP contribution is -2.37. The number of halogens is 1. The normalized spacial score (nSPS) is 13.4. The van der Waals surface area contributed by atoms with Crippen molar-refractivity contribution in [1.82, 2.24) is 9.88 Å². The van der Waals surface area contributed by atoms with Crippen LogP contribution >= 0.6 is 0 Å².